The van der Waals surface area contributed by atoms with Gasteiger partial charge < -0.3 is 46.4 Å². The second-order valence-electron chi connectivity index (χ2n) is 5.43. The first-order valence-corrected chi connectivity index (χ1v) is 7.63. The smallest absolute Gasteiger partial charge is 0.480 e. The van der Waals surface area contributed by atoms with Gasteiger partial charge in [0.1, 0.15) is 30.9 Å². The number of aliphatic carboxylic acids is 1. The van der Waals surface area contributed by atoms with Crippen LogP contribution in [0.1, 0.15) is 6.93 Å². The van der Waals surface area contributed by atoms with Crippen LogP contribution in [0.5, 0.6) is 0 Å². The highest BCUT2D eigenvalue weighted by molar-refractivity contribution is 6.58. The third-order valence-corrected chi connectivity index (χ3v) is 3.34. The van der Waals surface area contributed by atoms with Gasteiger partial charge in [-0.05, 0) is 17.4 Å². The van der Waals surface area contributed by atoms with Gasteiger partial charge in [-0.1, -0.05) is 24.3 Å². The van der Waals surface area contributed by atoms with E-state index >= 15 is 0 Å². The van der Waals surface area contributed by atoms with Gasteiger partial charge >= 0.3 is 13.1 Å². The molecule has 152 valence electrons. The molecule has 4 atom stereocenters. The maximum Gasteiger partial charge on any atom is 0.488 e. The number of carboxylic acids is 1. The van der Waals surface area contributed by atoms with E-state index < -0.39 is 56.4 Å². The SMILES string of the molecule is O=C(CO)[C@@H](O)[C@H](O)[C@H](O)CO.[2H][C@@](N)(Cc1ccc(B(O)O)cc1)C(=O)O. The molecule has 1 rings (SSSR count). The Hall–Kier alpha value is -1.90. The van der Waals surface area contributed by atoms with E-state index in [0.717, 1.165) is 0 Å². The van der Waals surface area contributed by atoms with E-state index in [1.807, 2.05) is 0 Å². The number of nitrogens with two attached hydrogens (primary N) is 1. The van der Waals surface area contributed by atoms with Crippen molar-refractivity contribution in [2.45, 2.75) is 30.8 Å². The molecule has 0 heterocycles. The van der Waals surface area contributed by atoms with Crippen LogP contribution in [0.25, 0.3) is 0 Å². The summed E-state index contributed by atoms with van der Waals surface area (Å²) in [6, 6.07) is 3.83. The predicted molar refractivity (Wildman–Crippen MR) is 92.8 cm³/mol. The van der Waals surface area contributed by atoms with Crippen LogP contribution in [0.2, 0.25) is 0 Å². The zero-order valence-corrected chi connectivity index (χ0v) is 14.2. The number of ketones is 1. The van der Waals surface area contributed by atoms with Crippen LogP contribution in [0, 0.1) is 0 Å². The van der Waals surface area contributed by atoms with Crippen molar-refractivity contribution in [1.82, 2.24) is 0 Å². The Balaban J connectivity index is 0.000000546. The van der Waals surface area contributed by atoms with Crippen molar-refractivity contribution in [1.29, 1.82) is 0 Å². The van der Waals surface area contributed by atoms with Crippen molar-refractivity contribution in [2.75, 3.05) is 13.2 Å². The maximum atomic E-state index is 10.6. The molecule has 0 aliphatic carbocycles. The van der Waals surface area contributed by atoms with Crippen LogP contribution < -0.4 is 11.2 Å². The lowest BCUT2D eigenvalue weighted by molar-refractivity contribution is -0.142. The van der Waals surface area contributed by atoms with Gasteiger partial charge in [-0.3, -0.25) is 9.59 Å². The first-order valence-electron chi connectivity index (χ1n) is 8.13. The molecular formula is C15H24BNO10. The van der Waals surface area contributed by atoms with Crippen molar-refractivity contribution in [3.8, 4) is 0 Å². The van der Waals surface area contributed by atoms with Crippen LogP contribution in [-0.2, 0) is 16.0 Å². The van der Waals surface area contributed by atoms with Gasteiger partial charge in [-0.2, -0.15) is 0 Å². The lowest BCUT2D eigenvalue weighted by atomic mass is 9.80. The van der Waals surface area contributed by atoms with Gasteiger partial charge in [0.15, 0.2) is 5.78 Å². The van der Waals surface area contributed by atoms with Gasteiger partial charge in [0.05, 0.1) is 7.98 Å². The lowest BCUT2D eigenvalue weighted by Crippen LogP contribution is -2.44. The molecule has 27 heavy (non-hydrogen) atoms. The first-order chi connectivity index (χ1) is 12.9. The zero-order chi connectivity index (χ0) is 22.1. The molecule has 0 saturated carbocycles. The zero-order valence-electron chi connectivity index (χ0n) is 15.2. The summed E-state index contributed by atoms with van der Waals surface area (Å²) in [6.07, 6.45) is -5.37. The fourth-order valence-corrected chi connectivity index (χ4v) is 1.71. The molecule has 0 radical (unpaired) electrons. The minimum absolute atomic E-state index is 0.149. The summed E-state index contributed by atoms with van der Waals surface area (Å²) in [6.45, 7) is -1.69. The summed E-state index contributed by atoms with van der Waals surface area (Å²) < 4.78 is 7.34. The fraction of sp³-hybridized carbons (Fsp3) is 0.467. The minimum Gasteiger partial charge on any atom is -0.480 e. The number of aliphatic hydroxyl groups is 5. The summed E-state index contributed by atoms with van der Waals surface area (Å²) in [5, 5.41) is 69.4. The quantitative estimate of drug-likeness (QED) is 0.181. The Kier molecular flexibility index (Phi) is 10.7. The van der Waals surface area contributed by atoms with Crippen LogP contribution in [0.3, 0.4) is 0 Å². The molecule has 0 bridgehead atoms. The summed E-state index contributed by atoms with van der Waals surface area (Å²) >= 11 is 0. The molecule has 0 unspecified atom stereocenters. The number of rotatable bonds is 9. The van der Waals surface area contributed by atoms with Crippen molar-refractivity contribution in [2.24, 2.45) is 5.73 Å². The molecule has 0 saturated heterocycles. The molecule has 0 spiro atoms. The molecule has 12 heteroatoms. The summed E-state index contributed by atoms with van der Waals surface area (Å²) in [5.74, 6) is -2.41. The maximum absolute atomic E-state index is 10.6. The molecule has 0 aliphatic heterocycles. The van der Waals surface area contributed by atoms with Gasteiger partial charge in [0.2, 0.25) is 0 Å². The van der Waals surface area contributed by atoms with Gasteiger partial charge in [-0.25, -0.2) is 0 Å². The van der Waals surface area contributed by atoms with E-state index in [2.05, 4.69) is 0 Å². The summed E-state index contributed by atoms with van der Waals surface area (Å²) in [7, 11) is -1.56. The van der Waals surface area contributed by atoms with E-state index in [4.69, 9.17) is 47.8 Å². The van der Waals surface area contributed by atoms with Gasteiger partial charge in [0.25, 0.3) is 0 Å². The fourth-order valence-electron chi connectivity index (χ4n) is 1.71. The monoisotopic (exact) mass is 390 g/mol. The molecule has 10 N–H and O–H groups in total. The average molecular weight is 390 g/mol. The minimum atomic E-state index is -2.07. The molecule has 1 aromatic carbocycles. The highest BCUT2D eigenvalue weighted by Crippen LogP contribution is 2.01. The van der Waals surface area contributed by atoms with Crippen LogP contribution in [0.15, 0.2) is 24.3 Å². The van der Waals surface area contributed by atoms with Crippen LogP contribution in [-0.4, -0.2) is 97.1 Å². The number of aliphatic hydroxyl groups excluding tert-OH is 5. The Morgan fingerprint density at radius 2 is 1.63 bits per heavy atom. The van der Waals surface area contributed by atoms with Gasteiger partial charge in [0, 0.05) is 0 Å². The third kappa shape index (κ3) is 9.04. The molecule has 0 aromatic heterocycles. The van der Waals surface area contributed by atoms with E-state index in [0.29, 0.717) is 11.0 Å². The normalized spacial score (nSPS) is 16.7. The Bertz CT molecular complexity index is 628. The van der Waals surface area contributed by atoms with E-state index in [1.54, 1.807) is 0 Å². The second kappa shape index (κ2) is 12.5. The highest BCUT2D eigenvalue weighted by atomic mass is 16.4. The van der Waals surface area contributed by atoms with Crippen LogP contribution in [0.4, 0.5) is 0 Å². The standard InChI is InChI=1S/C9H12BNO4.C6H12O6/c11-8(9(12)13)5-6-1-3-7(4-2-6)10(14)15;7-1-3(9)5(11)6(12)4(10)2-8/h1-4,8,14-15H,5,11H2,(H,12,13);3,5-9,11-12H,1-2H2/t8-;3-,5-,6-/m11/s1/i8D;. The summed E-state index contributed by atoms with van der Waals surface area (Å²) in [4.78, 5) is 21.1. The van der Waals surface area contributed by atoms with E-state index in [9.17, 15) is 9.59 Å². The largest absolute Gasteiger partial charge is 0.488 e. The first kappa shape index (κ1) is 23.1. The molecule has 0 fully saturated rings. The van der Waals surface area contributed by atoms with Gasteiger partial charge in [-0.15, -0.1) is 0 Å². The second-order valence-corrected chi connectivity index (χ2v) is 5.43. The molecular weight excluding hydrogens is 365 g/mol. The van der Waals surface area contributed by atoms with Crippen molar-refractivity contribution < 1.29 is 51.6 Å². The Morgan fingerprint density at radius 1 is 1.11 bits per heavy atom. The van der Waals surface area contributed by atoms with Crippen molar-refractivity contribution >= 4 is 24.3 Å². The highest BCUT2D eigenvalue weighted by Gasteiger charge is 2.28. The Labute approximate surface area is 156 Å². The van der Waals surface area contributed by atoms with Crippen LogP contribution >= 0.6 is 0 Å². The Morgan fingerprint density at radius 3 is 2.00 bits per heavy atom. The molecule has 1 aromatic rings. The number of benzene rings is 1. The third-order valence-electron chi connectivity index (χ3n) is 3.34. The number of carbonyl (C=O) groups excluding carboxylic acids is 1. The number of hydrogen-bond donors (Lipinski definition) is 9. The molecule has 0 aliphatic rings. The number of hydrogen-bond acceptors (Lipinski definition) is 10. The van der Waals surface area contributed by atoms with E-state index in [-0.39, 0.29) is 6.42 Å². The number of Topliss-reactive ketones (excluding diaryl/α,β-unsaturated/α-hetero) is 1. The lowest BCUT2D eigenvalue weighted by Gasteiger charge is -2.19. The predicted octanol–water partition coefficient (Wildman–Crippen LogP) is -5.06. The topological polar surface area (TPSA) is 222 Å². The van der Waals surface area contributed by atoms with Crippen molar-refractivity contribution in [3.63, 3.8) is 0 Å². The van der Waals surface area contributed by atoms with E-state index in [1.165, 1.54) is 24.3 Å². The van der Waals surface area contributed by atoms with Crippen molar-refractivity contribution in [3.05, 3.63) is 29.8 Å². The number of carboxylic acid groups (broad SMARTS) is 1. The number of carbonyl (C=O) groups is 2. The molecule has 0 amide bonds. The molecule has 11 nitrogen and oxygen atoms in total. The summed E-state index contributed by atoms with van der Waals surface area (Å²) in [5.41, 5.74) is 6.10. The average Bonchev–Trinajstić information content (AvgIpc) is 2.65.